The van der Waals surface area contributed by atoms with Gasteiger partial charge in [-0.25, -0.2) is 4.98 Å². The Morgan fingerprint density at radius 3 is 2.17 bits per heavy atom. The molecule has 1 aromatic rings. The Bertz CT molecular complexity index is 372. The summed E-state index contributed by atoms with van der Waals surface area (Å²) >= 11 is 0. The average Bonchev–Trinajstić information content (AvgIpc) is 2.72. The van der Waals surface area contributed by atoms with Crippen LogP contribution >= 0.6 is 0 Å². The van der Waals surface area contributed by atoms with Gasteiger partial charge in [-0.1, -0.05) is 61.3 Å². The number of unbranched alkanes of at least 4 members (excludes halogenated alkanes) is 1. The Balaban J connectivity index is 3.12. The first-order chi connectivity index (χ1) is 8.29. The molecular formula is C16H30N2. The lowest BCUT2D eigenvalue weighted by molar-refractivity contribution is 0.440. The molecule has 0 aliphatic rings. The zero-order chi connectivity index (χ0) is 13.9. The van der Waals surface area contributed by atoms with Gasteiger partial charge in [0, 0.05) is 17.0 Å². The normalized spacial score (nSPS) is 12.7. The molecule has 2 nitrogen and oxygen atoms in total. The van der Waals surface area contributed by atoms with E-state index in [0.717, 1.165) is 5.82 Å². The van der Waals surface area contributed by atoms with Crippen molar-refractivity contribution in [3.63, 3.8) is 0 Å². The van der Waals surface area contributed by atoms with Crippen molar-refractivity contribution in [1.82, 2.24) is 9.97 Å². The van der Waals surface area contributed by atoms with Crippen LogP contribution in [0.4, 0.5) is 0 Å². The number of nitrogens with one attached hydrogen (secondary N) is 1. The number of aromatic amines is 1. The van der Waals surface area contributed by atoms with Crippen molar-refractivity contribution in [2.75, 3.05) is 0 Å². The Morgan fingerprint density at radius 2 is 1.72 bits per heavy atom. The molecule has 0 bridgehead atoms. The molecule has 0 unspecified atom stereocenters. The molecule has 1 aromatic heterocycles. The van der Waals surface area contributed by atoms with Crippen LogP contribution in [0, 0.1) is 0 Å². The zero-order valence-corrected chi connectivity index (χ0v) is 13.2. The van der Waals surface area contributed by atoms with Gasteiger partial charge >= 0.3 is 0 Å². The molecule has 0 fully saturated rings. The number of hydrogen-bond acceptors (Lipinski definition) is 1. The molecule has 0 aliphatic heterocycles. The second-order valence-corrected chi connectivity index (χ2v) is 6.68. The molecule has 0 saturated heterocycles. The lowest BCUT2D eigenvalue weighted by atomic mass is 9.81. The molecule has 0 atom stereocenters. The average molecular weight is 250 g/mol. The fraction of sp³-hybridized carbons (Fsp3) is 0.812. The molecule has 0 spiro atoms. The molecule has 0 saturated carbocycles. The Kier molecular flexibility index (Phi) is 5.01. The number of hydrogen-bond donors (Lipinski definition) is 1. The second-order valence-electron chi connectivity index (χ2n) is 6.68. The summed E-state index contributed by atoms with van der Waals surface area (Å²) in [5, 5.41) is 0. The van der Waals surface area contributed by atoms with Crippen LogP contribution < -0.4 is 0 Å². The molecule has 1 N–H and O–H groups in total. The van der Waals surface area contributed by atoms with Crippen LogP contribution in [0.1, 0.15) is 96.8 Å². The van der Waals surface area contributed by atoms with Gasteiger partial charge in [-0.15, -0.1) is 0 Å². The third-order valence-corrected chi connectivity index (χ3v) is 3.68. The second kappa shape index (κ2) is 5.90. The van der Waals surface area contributed by atoms with Gasteiger partial charge in [-0.2, -0.15) is 0 Å². The first-order valence-corrected chi connectivity index (χ1v) is 7.39. The number of H-pyrrole nitrogens is 1. The van der Waals surface area contributed by atoms with Crippen molar-refractivity contribution in [2.24, 2.45) is 0 Å². The summed E-state index contributed by atoms with van der Waals surface area (Å²) in [6, 6.07) is 0. The Labute approximate surface area is 113 Å². The maximum atomic E-state index is 4.83. The van der Waals surface area contributed by atoms with Crippen molar-refractivity contribution >= 4 is 0 Å². The lowest BCUT2D eigenvalue weighted by Crippen LogP contribution is -2.20. The molecule has 104 valence electrons. The summed E-state index contributed by atoms with van der Waals surface area (Å²) in [5.74, 6) is 2.10. The van der Waals surface area contributed by atoms with Crippen LogP contribution in [-0.2, 0) is 5.41 Å². The fourth-order valence-corrected chi connectivity index (χ4v) is 2.36. The van der Waals surface area contributed by atoms with Gasteiger partial charge in [0.1, 0.15) is 5.82 Å². The van der Waals surface area contributed by atoms with E-state index in [1.807, 2.05) is 0 Å². The fourth-order valence-electron chi connectivity index (χ4n) is 2.36. The summed E-state index contributed by atoms with van der Waals surface area (Å²) in [5.41, 5.74) is 2.82. The van der Waals surface area contributed by atoms with Crippen LogP contribution in [0.15, 0.2) is 0 Å². The minimum atomic E-state index is 0.204. The summed E-state index contributed by atoms with van der Waals surface area (Å²) < 4.78 is 0. The predicted octanol–water partition coefficient (Wildman–Crippen LogP) is 5.12. The Morgan fingerprint density at radius 1 is 1.11 bits per heavy atom. The van der Waals surface area contributed by atoms with E-state index in [2.05, 4.69) is 53.5 Å². The van der Waals surface area contributed by atoms with Crippen LogP contribution in [0.2, 0.25) is 0 Å². The molecular weight excluding hydrogens is 220 g/mol. The van der Waals surface area contributed by atoms with E-state index < -0.39 is 0 Å². The van der Waals surface area contributed by atoms with Crippen molar-refractivity contribution in [3.05, 3.63) is 17.2 Å². The summed E-state index contributed by atoms with van der Waals surface area (Å²) in [6.45, 7) is 15.8. The third kappa shape index (κ3) is 3.37. The van der Waals surface area contributed by atoms with Gasteiger partial charge in [0.25, 0.3) is 0 Å². The summed E-state index contributed by atoms with van der Waals surface area (Å²) in [4.78, 5) is 8.43. The minimum absolute atomic E-state index is 0.204. The van der Waals surface area contributed by atoms with E-state index in [-0.39, 0.29) is 5.41 Å². The minimum Gasteiger partial charge on any atom is -0.345 e. The number of aromatic nitrogens is 2. The highest BCUT2D eigenvalue weighted by Crippen LogP contribution is 2.34. The van der Waals surface area contributed by atoms with E-state index in [9.17, 15) is 0 Å². The zero-order valence-electron chi connectivity index (χ0n) is 13.2. The molecule has 18 heavy (non-hydrogen) atoms. The van der Waals surface area contributed by atoms with Gasteiger partial charge in [0.2, 0.25) is 0 Å². The lowest BCUT2D eigenvalue weighted by Gasteiger charge is -2.25. The highest BCUT2D eigenvalue weighted by atomic mass is 15.0. The standard InChI is InChI=1S/C16H30N2/c1-8-9-10-16(6,7)14-13(11(2)3)17-15(18-14)12(4)5/h11-12H,8-10H2,1-7H3,(H,17,18). The van der Waals surface area contributed by atoms with Crippen LogP contribution in [0.25, 0.3) is 0 Å². The smallest absolute Gasteiger partial charge is 0.109 e. The number of rotatable bonds is 6. The van der Waals surface area contributed by atoms with Crippen molar-refractivity contribution < 1.29 is 0 Å². The van der Waals surface area contributed by atoms with E-state index in [4.69, 9.17) is 4.98 Å². The maximum absolute atomic E-state index is 4.83. The third-order valence-electron chi connectivity index (χ3n) is 3.68. The maximum Gasteiger partial charge on any atom is 0.109 e. The SMILES string of the molecule is CCCCC(C)(C)c1[nH]c(C(C)C)nc1C(C)C. The van der Waals surface area contributed by atoms with E-state index >= 15 is 0 Å². The highest BCUT2D eigenvalue weighted by Gasteiger charge is 2.28. The van der Waals surface area contributed by atoms with E-state index in [1.54, 1.807) is 0 Å². The van der Waals surface area contributed by atoms with Crippen LogP contribution in [0.3, 0.4) is 0 Å². The van der Waals surface area contributed by atoms with Crippen molar-refractivity contribution in [3.8, 4) is 0 Å². The first kappa shape index (κ1) is 15.3. The van der Waals surface area contributed by atoms with E-state index in [1.165, 1.54) is 30.7 Å². The molecule has 0 aliphatic carbocycles. The van der Waals surface area contributed by atoms with Gasteiger partial charge in [-0.05, 0) is 12.3 Å². The van der Waals surface area contributed by atoms with Gasteiger partial charge in [0.05, 0.1) is 5.69 Å². The molecule has 1 rings (SSSR count). The molecule has 2 heteroatoms. The van der Waals surface area contributed by atoms with Crippen LogP contribution in [0.5, 0.6) is 0 Å². The molecule has 1 heterocycles. The Hall–Kier alpha value is -0.790. The molecule has 0 aromatic carbocycles. The topological polar surface area (TPSA) is 28.7 Å². The van der Waals surface area contributed by atoms with Crippen molar-refractivity contribution in [1.29, 1.82) is 0 Å². The molecule has 0 amide bonds. The summed E-state index contributed by atoms with van der Waals surface area (Å²) in [6.07, 6.45) is 3.76. The van der Waals surface area contributed by atoms with Gasteiger partial charge < -0.3 is 4.98 Å². The predicted molar refractivity (Wildman–Crippen MR) is 79.3 cm³/mol. The van der Waals surface area contributed by atoms with E-state index in [0.29, 0.717) is 11.8 Å². The largest absolute Gasteiger partial charge is 0.345 e. The quantitative estimate of drug-likeness (QED) is 0.745. The van der Waals surface area contributed by atoms with Crippen molar-refractivity contribution in [2.45, 2.75) is 85.0 Å². The monoisotopic (exact) mass is 250 g/mol. The summed E-state index contributed by atoms with van der Waals surface area (Å²) in [7, 11) is 0. The van der Waals surface area contributed by atoms with Gasteiger partial charge in [0.15, 0.2) is 0 Å². The molecule has 0 radical (unpaired) electrons. The van der Waals surface area contributed by atoms with Gasteiger partial charge in [-0.3, -0.25) is 0 Å². The van der Waals surface area contributed by atoms with Crippen LogP contribution in [-0.4, -0.2) is 9.97 Å². The number of nitrogens with zero attached hydrogens (tertiary/aromatic N) is 1. The first-order valence-electron chi connectivity index (χ1n) is 7.39. The number of imidazole rings is 1. The highest BCUT2D eigenvalue weighted by molar-refractivity contribution is 5.26.